The minimum absolute atomic E-state index is 0.0102. The van der Waals surface area contributed by atoms with Crippen LogP contribution in [0.1, 0.15) is 5.56 Å². The van der Waals surface area contributed by atoms with Gasteiger partial charge >= 0.3 is 0 Å². The first-order chi connectivity index (χ1) is 9.85. The molecule has 21 heavy (non-hydrogen) atoms. The van der Waals surface area contributed by atoms with Crippen molar-refractivity contribution >= 4 is 48.9 Å². The maximum Gasteiger partial charge on any atom is 0.265 e. The summed E-state index contributed by atoms with van der Waals surface area (Å²) >= 11 is 9.14. The molecule has 108 valence electrons. The molecule has 5 nitrogen and oxygen atoms in total. The maximum absolute atomic E-state index is 12.4. The van der Waals surface area contributed by atoms with E-state index in [1.165, 1.54) is 24.3 Å². The van der Waals surface area contributed by atoms with Crippen LogP contribution in [0.5, 0.6) is 0 Å². The zero-order chi connectivity index (χ0) is 15.6. The Morgan fingerprint density at radius 1 is 1.29 bits per heavy atom. The van der Waals surface area contributed by atoms with Gasteiger partial charge < -0.3 is 5.73 Å². The molecule has 0 aliphatic carbocycles. The van der Waals surface area contributed by atoms with E-state index >= 15 is 0 Å². The van der Waals surface area contributed by atoms with Crippen LogP contribution in [0.25, 0.3) is 0 Å². The number of hydrogen-bond donors (Lipinski definition) is 2. The fourth-order valence-electron chi connectivity index (χ4n) is 1.70. The molecule has 0 bridgehead atoms. The van der Waals surface area contributed by atoms with E-state index < -0.39 is 10.0 Å². The Labute approximate surface area is 135 Å². The molecule has 3 N–H and O–H groups in total. The molecule has 0 aliphatic rings. The summed E-state index contributed by atoms with van der Waals surface area (Å²) < 4.78 is 27.8. The lowest BCUT2D eigenvalue weighted by molar-refractivity contribution is 0.601. The lowest BCUT2D eigenvalue weighted by Crippen LogP contribution is -2.16. The monoisotopic (exact) mass is 385 g/mol. The van der Waals surface area contributed by atoms with E-state index in [2.05, 4.69) is 20.7 Å². The van der Waals surface area contributed by atoms with Gasteiger partial charge in [-0.15, -0.1) is 0 Å². The molecule has 0 fully saturated rings. The van der Waals surface area contributed by atoms with Gasteiger partial charge in [0.05, 0.1) is 22.0 Å². The molecule has 8 heteroatoms. The van der Waals surface area contributed by atoms with Gasteiger partial charge in [-0.05, 0) is 30.3 Å². The first-order valence-electron chi connectivity index (χ1n) is 5.61. The van der Waals surface area contributed by atoms with Gasteiger partial charge in [-0.25, -0.2) is 8.42 Å². The average molecular weight is 387 g/mol. The summed E-state index contributed by atoms with van der Waals surface area (Å²) in [4.78, 5) is -0.212. The molecular formula is C13H9BrClN3O2S. The quantitative estimate of drug-likeness (QED) is 0.791. The van der Waals surface area contributed by atoms with E-state index in [1.807, 2.05) is 6.07 Å². The fourth-order valence-corrected chi connectivity index (χ4v) is 3.81. The van der Waals surface area contributed by atoms with Gasteiger partial charge in [-0.2, -0.15) is 5.26 Å². The lowest BCUT2D eigenvalue weighted by Gasteiger charge is -2.12. The number of rotatable bonds is 3. The highest BCUT2D eigenvalue weighted by Crippen LogP contribution is 2.30. The predicted molar refractivity (Wildman–Crippen MR) is 85.5 cm³/mol. The summed E-state index contributed by atoms with van der Waals surface area (Å²) in [6.45, 7) is 0. The summed E-state index contributed by atoms with van der Waals surface area (Å²) in [5.41, 5.74) is 6.05. The van der Waals surface area contributed by atoms with Crippen LogP contribution in [-0.2, 0) is 10.0 Å². The average Bonchev–Trinajstić information content (AvgIpc) is 2.37. The molecule has 0 saturated heterocycles. The largest absolute Gasteiger partial charge is 0.398 e. The van der Waals surface area contributed by atoms with Crippen LogP contribution in [0, 0.1) is 11.3 Å². The van der Waals surface area contributed by atoms with Crippen molar-refractivity contribution in [3.63, 3.8) is 0 Å². The molecule has 0 aromatic heterocycles. The van der Waals surface area contributed by atoms with Crippen LogP contribution in [0.4, 0.5) is 11.4 Å². The Kier molecular flexibility index (Phi) is 4.42. The van der Waals surface area contributed by atoms with Crippen LogP contribution in [0.2, 0.25) is 5.02 Å². The van der Waals surface area contributed by atoms with Crippen LogP contribution in [-0.4, -0.2) is 8.42 Å². The minimum Gasteiger partial charge on any atom is -0.398 e. The summed E-state index contributed by atoms with van der Waals surface area (Å²) in [5.74, 6) is 0. The zero-order valence-corrected chi connectivity index (χ0v) is 13.6. The van der Waals surface area contributed by atoms with E-state index in [0.717, 1.165) is 0 Å². The summed E-state index contributed by atoms with van der Waals surface area (Å²) in [6.07, 6.45) is 0. The summed E-state index contributed by atoms with van der Waals surface area (Å²) in [5, 5.41) is 9.05. The van der Waals surface area contributed by atoms with E-state index in [-0.39, 0.29) is 26.9 Å². The third-order valence-electron chi connectivity index (χ3n) is 2.61. The van der Waals surface area contributed by atoms with Gasteiger partial charge in [0.1, 0.15) is 11.0 Å². The number of sulfonamides is 1. The minimum atomic E-state index is -4.00. The molecule has 0 amide bonds. The fraction of sp³-hybridized carbons (Fsp3) is 0. The smallest absolute Gasteiger partial charge is 0.265 e. The van der Waals surface area contributed by atoms with Crippen LogP contribution < -0.4 is 10.5 Å². The number of hydrogen-bond acceptors (Lipinski definition) is 4. The maximum atomic E-state index is 12.4. The van der Waals surface area contributed by atoms with Gasteiger partial charge in [-0.3, -0.25) is 4.72 Å². The molecule has 0 saturated carbocycles. The summed E-state index contributed by atoms with van der Waals surface area (Å²) in [7, 11) is -4.00. The number of nitriles is 1. The highest BCUT2D eigenvalue weighted by atomic mass is 79.9. The van der Waals surface area contributed by atoms with Gasteiger partial charge in [0.2, 0.25) is 0 Å². The van der Waals surface area contributed by atoms with Crippen molar-refractivity contribution in [2.75, 3.05) is 10.5 Å². The van der Waals surface area contributed by atoms with Crippen molar-refractivity contribution in [3.05, 3.63) is 51.5 Å². The number of anilines is 2. The Morgan fingerprint density at radius 2 is 2.00 bits per heavy atom. The molecule has 0 radical (unpaired) electrons. The molecule has 0 heterocycles. The number of benzene rings is 2. The molecule has 0 unspecified atom stereocenters. The highest BCUT2D eigenvalue weighted by molar-refractivity contribution is 9.10. The molecule has 2 aromatic rings. The number of nitrogen functional groups attached to an aromatic ring is 1. The number of halogens is 2. The van der Waals surface area contributed by atoms with Crippen LogP contribution in [0.3, 0.4) is 0 Å². The van der Waals surface area contributed by atoms with Crippen LogP contribution >= 0.6 is 27.5 Å². The summed E-state index contributed by atoms with van der Waals surface area (Å²) in [6, 6.07) is 11.0. The highest BCUT2D eigenvalue weighted by Gasteiger charge is 2.22. The van der Waals surface area contributed by atoms with Crippen molar-refractivity contribution in [2.45, 2.75) is 4.90 Å². The standard InChI is InChI=1S/C13H9BrClN3O2S/c14-9-5-4-8(7-16)12(6-9)18-21(19,20)13-10(15)2-1-3-11(13)17/h1-6,18H,17H2. The van der Waals surface area contributed by atoms with Gasteiger partial charge in [0, 0.05) is 4.47 Å². The van der Waals surface area contributed by atoms with E-state index in [9.17, 15) is 8.42 Å². The van der Waals surface area contributed by atoms with Crippen molar-refractivity contribution in [1.29, 1.82) is 5.26 Å². The second-order valence-electron chi connectivity index (χ2n) is 4.07. The van der Waals surface area contributed by atoms with Crippen molar-refractivity contribution < 1.29 is 8.42 Å². The van der Waals surface area contributed by atoms with E-state index in [0.29, 0.717) is 4.47 Å². The van der Waals surface area contributed by atoms with Crippen molar-refractivity contribution in [3.8, 4) is 6.07 Å². The molecule has 2 aromatic carbocycles. The van der Waals surface area contributed by atoms with Crippen LogP contribution in [0.15, 0.2) is 45.8 Å². The zero-order valence-electron chi connectivity index (χ0n) is 10.5. The van der Waals surface area contributed by atoms with Gasteiger partial charge in [0.25, 0.3) is 10.0 Å². The Bertz CT molecular complexity index is 827. The predicted octanol–water partition coefficient (Wildman–Crippen LogP) is 3.36. The van der Waals surface area contributed by atoms with E-state index in [4.69, 9.17) is 22.6 Å². The molecule has 0 aliphatic heterocycles. The number of nitrogens with two attached hydrogens (primary N) is 1. The third-order valence-corrected chi connectivity index (χ3v) is 5.01. The van der Waals surface area contributed by atoms with Gasteiger partial charge in [0.15, 0.2) is 0 Å². The second-order valence-corrected chi connectivity index (χ2v) is 7.01. The first-order valence-corrected chi connectivity index (χ1v) is 8.27. The number of nitrogens with zero attached hydrogens (tertiary/aromatic N) is 1. The Hall–Kier alpha value is -1.75. The van der Waals surface area contributed by atoms with Crippen molar-refractivity contribution in [2.24, 2.45) is 0 Å². The first kappa shape index (κ1) is 15.6. The number of nitrogens with one attached hydrogen (secondary N) is 1. The molecular weight excluding hydrogens is 378 g/mol. The molecule has 0 spiro atoms. The SMILES string of the molecule is N#Cc1ccc(Br)cc1NS(=O)(=O)c1c(N)cccc1Cl. The topological polar surface area (TPSA) is 96.0 Å². The van der Waals surface area contributed by atoms with Crippen molar-refractivity contribution in [1.82, 2.24) is 0 Å². The molecule has 2 rings (SSSR count). The molecule has 0 atom stereocenters. The lowest BCUT2D eigenvalue weighted by atomic mass is 10.2. The third kappa shape index (κ3) is 3.29. The Morgan fingerprint density at radius 3 is 2.62 bits per heavy atom. The second kappa shape index (κ2) is 5.93. The Balaban J connectivity index is 2.53. The van der Waals surface area contributed by atoms with Gasteiger partial charge in [-0.1, -0.05) is 33.6 Å². The normalized spacial score (nSPS) is 10.9. The van der Waals surface area contributed by atoms with E-state index in [1.54, 1.807) is 12.1 Å².